The van der Waals surface area contributed by atoms with Crippen LogP contribution in [-0.2, 0) is 30.7 Å². The van der Waals surface area contributed by atoms with Crippen LogP contribution in [0.15, 0.2) is 72.8 Å². The topological polar surface area (TPSA) is 143 Å². The van der Waals surface area contributed by atoms with Crippen LogP contribution in [-0.4, -0.2) is 74.0 Å². The molecule has 1 saturated heterocycles. The molecule has 6 rings (SSSR count). The second-order valence-corrected chi connectivity index (χ2v) is 11.9. The highest BCUT2D eigenvalue weighted by molar-refractivity contribution is 5.90. The fourth-order valence-corrected chi connectivity index (χ4v) is 6.38. The summed E-state index contributed by atoms with van der Waals surface area (Å²) in [4.78, 5) is 14.8. The molecule has 0 spiro atoms. The number of nitrogens with one attached hydrogen (secondary N) is 1. The van der Waals surface area contributed by atoms with Crippen molar-refractivity contribution >= 4 is 16.8 Å². The van der Waals surface area contributed by atoms with Crippen LogP contribution in [0.3, 0.4) is 0 Å². The predicted octanol–water partition coefficient (Wildman–Crippen LogP) is 3.23. The van der Waals surface area contributed by atoms with Crippen LogP contribution in [0.5, 0.6) is 5.75 Å². The first-order valence-electron chi connectivity index (χ1n) is 15.0. The molecular weight excluding hydrogens is 560 g/mol. The number of aliphatic hydroxyl groups excluding tert-OH is 4. The lowest BCUT2D eigenvalue weighted by molar-refractivity contribution is -0.232. The lowest BCUT2D eigenvalue weighted by Crippen LogP contribution is -2.55. The van der Waals surface area contributed by atoms with Gasteiger partial charge in [-0.2, -0.15) is 0 Å². The first kappa shape index (κ1) is 30.1. The highest BCUT2D eigenvalue weighted by Gasteiger charge is 2.44. The number of ether oxygens (including phenoxy) is 1. The molecule has 4 aromatic carbocycles. The molecule has 2 aliphatic heterocycles. The summed E-state index contributed by atoms with van der Waals surface area (Å²) < 4.78 is 5.68. The molecule has 0 aromatic heterocycles. The number of aromatic hydroxyl groups is 1. The van der Waals surface area contributed by atoms with Gasteiger partial charge < -0.3 is 40.5 Å². The molecule has 0 radical (unpaired) electrons. The second kappa shape index (κ2) is 12.6. The van der Waals surface area contributed by atoms with Gasteiger partial charge in [-0.15, -0.1) is 0 Å². The Labute approximate surface area is 256 Å². The molecule has 2 aliphatic rings. The standard InChI is InChI=1S/C35H38N2O7/c1-20-14-28(39)27(34-33(42)32(41)31(40)29(19-38)44-34)16-26(20)15-22-10-8-21(9-11-22)12-13-36-35(43)37-17-24-6-2-4-23-5-3-7-25(18-37)30(23)24/h2-11,14,16,29,31-34,38-42H,12-13,15,17-19H2,1H3,(H,36,43)/t29-,31-,32+,33-,34+/m1/s1. The summed E-state index contributed by atoms with van der Waals surface area (Å²) in [6, 6.07) is 23.8. The highest BCUT2D eigenvalue weighted by atomic mass is 16.5. The maximum Gasteiger partial charge on any atom is 0.318 e. The molecule has 0 unspecified atom stereocenters. The summed E-state index contributed by atoms with van der Waals surface area (Å²) in [5.74, 6) is -0.0983. The van der Waals surface area contributed by atoms with E-state index in [0.717, 1.165) is 22.3 Å². The lowest BCUT2D eigenvalue weighted by atomic mass is 9.88. The Morgan fingerprint density at radius 2 is 1.57 bits per heavy atom. The van der Waals surface area contributed by atoms with Crippen LogP contribution < -0.4 is 5.32 Å². The van der Waals surface area contributed by atoms with Gasteiger partial charge in [0.2, 0.25) is 0 Å². The molecule has 5 atom stereocenters. The largest absolute Gasteiger partial charge is 0.508 e. The number of hydrogen-bond acceptors (Lipinski definition) is 7. The van der Waals surface area contributed by atoms with Crippen LogP contribution >= 0.6 is 0 Å². The van der Waals surface area contributed by atoms with Crippen LogP contribution in [0, 0.1) is 6.92 Å². The van der Waals surface area contributed by atoms with Gasteiger partial charge in [0.15, 0.2) is 0 Å². The van der Waals surface area contributed by atoms with E-state index in [9.17, 15) is 30.3 Å². The smallest absolute Gasteiger partial charge is 0.318 e. The van der Waals surface area contributed by atoms with E-state index in [1.165, 1.54) is 21.9 Å². The molecular formula is C35H38N2O7. The number of hydrogen-bond donors (Lipinski definition) is 6. The van der Waals surface area contributed by atoms with Gasteiger partial charge in [0.25, 0.3) is 0 Å². The number of amides is 2. The zero-order chi connectivity index (χ0) is 31.0. The van der Waals surface area contributed by atoms with E-state index < -0.39 is 37.1 Å². The van der Waals surface area contributed by atoms with Gasteiger partial charge in [0.1, 0.15) is 36.3 Å². The number of urea groups is 1. The van der Waals surface area contributed by atoms with Gasteiger partial charge in [-0.1, -0.05) is 60.7 Å². The Bertz CT molecular complexity index is 1610. The van der Waals surface area contributed by atoms with Crippen LogP contribution in [0.25, 0.3) is 10.8 Å². The van der Waals surface area contributed by atoms with Crippen LogP contribution in [0.2, 0.25) is 0 Å². The molecule has 1 fully saturated rings. The minimum atomic E-state index is -1.53. The van der Waals surface area contributed by atoms with Crippen molar-refractivity contribution in [3.05, 3.63) is 112 Å². The van der Waals surface area contributed by atoms with E-state index in [4.69, 9.17) is 4.74 Å². The van der Waals surface area contributed by atoms with E-state index in [1.54, 1.807) is 12.1 Å². The molecule has 4 aromatic rings. The number of aryl methyl sites for hydroxylation is 1. The molecule has 2 amide bonds. The van der Waals surface area contributed by atoms with E-state index in [1.807, 2.05) is 48.2 Å². The van der Waals surface area contributed by atoms with Crippen molar-refractivity contribution < 1.29 is 35.1 Å². The van der Waals surface area contributed by atoms with Gasteiger partial charge in [0.05, 0.1) is 6.61 Å². The third kappa shape index (κ3) is 5.89. The van der Waals surface area contributed by atoms with Crippen molar-refractivity contribution in [3.63, 3.8) is 0 Å². The van der Waals surface area contributed by atoms with Gasteiger partial charge in [-0.25, -0.2) is 4.79 Å². The average molecular weight is 599 g/mol. The third-order valence-corrected chi connectivity index (χ3v) is 8.88. The van der Waals surface area contributed by atoms with Crippen molar-refractivity contribution in [2.45, 2.75) is 63.4 Å². The Kier molecular flexibility index (Phi) is 8.57. The summed E-state index contributed by atoms with van der Waals surface area (Å²) >= 11 is 0. The molecule has 0 bridgehead atoms. The number of aliphatic hydroxyl groups is 4. The van der Waals surface area contributed by atoms with Gasteiger partial charge >= 0.3 is 6.03 Å². The zero-order valence-corrected chi connectivity index (χ0v) is 24.6. The van der Waals surface area contributed by atoms with Gasteiger partial charge in [-0.3, -0.25) is 0 Å². The molecule has 9 nitrogen and oxygen atoms in total. The van der Waals surface area contributed by atoms with E-state index in [2.05, 4.69) is 29.6 Å². The number of nitrogens with zero attached hydrogens (tertiary/aromatic N) is 1. The van der Waals surface area contributed by atoms with Crippen LogP contribution in [0.4, 0.5) is 4.79 Å². The molecule has 44 heavy (non-hydrogen) atoms. The zero-order valence-electron chi connectivity index (χ0n) is 24.6. The summed E-state index contributed by atoms with van der Waals surface area (Å²) in [5.41, 5.74) is 6.48. The maximum absolute atomic E-state index is 13.0. The van der Waals surface area contributed by atoms with Gasteiger partial charge in [0, 0.05) is 25.2 Å². The second-order valence-electron chi connectivity index (χ2n) is 11.9. The maximum atomic E-state index is 13.0. The molecule has 0 saturated carbocycles. The molecule has 0 aliphatic carbocycles. The Hall–Kier alpha value is -3.99. The van der Waals surface area contributed by atoms with Crippen molar-refractivity contribution in [1.29, 1.82) is 0 Å². The highest BCUT2D eigenvalue weighted by Crippen LogP contribution is 2.38. The minimum absolute atomic E-state index is 0.0777. The monoisotopic (exact) mass is 598 g/mol. The third-order valence-electron chi connectivity index (χ3n) is 8.88. The van der Waals surface area contributed by atoms with Crippen molar-refractivity contribution in [1.82, 2.24) is 10.2 Å². The van der Waals surface area contributed by atoms with Crippen molar-refractivity contribution in [2.75, 3.05) is 13.2 Å². The van der Waals surface area contributed by atoms with Crippen molar-refractivity contribution in [2.24, 2.45) is 0 Å². The fourth-order valence-electron chi connectivity index (χ4n) is 6.38. The fraction of sp³-hybridized carbons (Fsp3) is 0.343. The molecule has 9 heteroatoms. The normalized spacial score (nSPS) is 23.1. The number of phenolic OH excluding ortho intramolecular Hbond substituents is 1. The molecule has 2 heterocycles. The molecule has 230 valence electrons. The summed E-state index contributed by atoms with van der Waals surface area (Å²) in [6.45, 7) is 3.03. The molecule has 6 N–H and O–H groups in total. The van der Waals surface area contributed by atoms with Crippen LogP contribution in [0.1, 0.15) is 45.0 Å². The SMILES string of the molecule is Cc1cc(O)c([C@@H]2O[C@H](CO)[C@@H](O)[C@H](O)[C@H]2O)cc1Cc1ccc(CCNC(=O)N2Cc3cccc4cccc(c34)C2)cc1. The summed E-state index contributed by atoms with van der Waals surface area (Å²) in [5, 5.41) is 56.7. The predicted molar refractivity (Wildman–Crippen MR) is 165 cm³/mol. The van der Waals surface area contributed by atoms with E-state index in [0.29, 0.717) is 32.5 Å². The first-order valence-corrected chi connectivity index (χ1v) is 15.0. The van der Waals surface area contributed by atoms with Crippen molar-refractivity contribution in [3.8, 4) is 5.75 Å². The quantitative estimate of drug-likeness (QED) is 0.192. The number of phenols is 1. The lowest BCUT2D eigenvalue weighted by Gasteiger charge is -2.40. The first-order chi connectivity index (χ1) is 21.2. The summed E-state index contributed by atoms with van der Waals surface area (Å²) in [7, 11) is 0. The Balaban J connectivity index is 1.06. The van der Waals surface area contributed by atoms with E-state index in [-0.39, 0.29) is 17.3 Å². The number of rotatable bonds is 7. The Morgan fingerprint density at radius 3 is 2.23 bits per heavy atom. The van der Waals surface area contributed by atoms with E-state index >= 15 is 0 Å². The Morgan fingerprint density at radius 1 is 0.909 bits per heavy atom. The number of carbonyl (C=O) groups excluding carboxylic acids is 1. The average Bonchev–Trinajstić information content (AvgIpc) is 3.02. The number of carbonyl (C=O) groups is 1. The van der Waals surface area contributed by atoms with Gasteiger partial charge in [-0.05, 0) is 76.1 Å². The number of benzene rings is 4. The minimum Gasteiger partial charge on any atom is -0.508 e. The summed E-state index contributed by atoms with van der Waals surface area (Å²) in [6.07, 6.45) is -5.42.